The Kier molecular flexibility index (Phi) is 7.12. The molecule has 0 atom stereocenters. The maximum atomic E-state index is 12.5. The van der Waals surface area contributed by atoms with Crippen LogP contribution in [0.1, 0.15) is 11.1 Å². The van der Waals surface area contributed by atoms with Gasteiger partial charge in [0.1, 0.15) is 4.90 Å². The van der Waals surface area contributed by atoms with Crippen LogP contribution in [-0.4, -0.2) is 8.42 Å². The lowest BCUT2D eigenvalue weighted by Crippen LogP contribution is -2.10. The van der Waals surface area contributed by atoms with Crippen molar-refractivity contribution < 1.29 is 12.6 Å². The molecule has 0 unspecified atom stereocenters. The van der Waals surface area contributed by atoms with Crippen LogP contribution in [0.2, 0.25) is 15.1 Å². The third kappa shape index (κ3) is 5.37. The van der Waals surface area contributed by atoms with Crippen LogP contribution in [0.5, 0.6) is 5.75 Å². The van der Waals surface area contributed by atoms with E-state index >= 15 is 0 Å². The molecular formula is C21H11BrCl3NO3S. The summed E-state index contributed by atoms with van der Waals surface area (Å²) in [4.78, 5) is -0.0214. The van der Waals surface area contributed by atoms with Gasteiger partial charge >= 0.3 is 10.1 Å². The molecule has 4 nitrogen and oxygen atoms in total. The molecular weight excluding hydrogens is 533 g/mol. The average molecular weight is 544 g/mol. The lowest BCUT2D eigenvalue weighted by atomic mass is 10.0. The van der Waals surface area contributed by atoms with Crippen LogP contribution < -0.4 is 4.18 Å². The summed E-state index contributed by atoms with van der Waals surface area (Å²) in [5.74, 6) is 0.102. The number of benzene rings is 3. The highest BCUT2D eigenvalue weighted by atomic mass is 79.9. The summed E-state index contributed by atoms with van der Waals surface area (Å²) in [5, 5.41) is 10.8. The zero-order chi connectivity index (χ0) is 21.9. The first-order valence-corrected chi connectivity index (χ1v) is 11.6. The third-order valence-corrected chi connectivity index (χ3v) is 6.58. The standard InChI is InChI=1S/C21H11BrCl3NO3S/c22-19-10-13(9-14(12-26)18-7-4-16(24)11-20(18)25)1-8-21(19)29-30(27,28)17-5-2-15(23)3-6-17/h1-11H/b14-9+. The summed E-state index contributed by atoms with van der Waals surface area (Å²) < 4.78 is 30.5. The van der Waals surface area contributed by atoms with Gasteiger partial charge in [0.05, 0.1) is 21.1 Å². The van der Waals surface area contributed by atoms with Crippen molar-refractivity contribution in [2.75, 3.05) is 0 Å². The van der Waals surface area contributed by atoms with Crippen molar-refractivity contribution in [3.05, 3.63) is 91.3 Å². The van der Waals surface area contributed by atoms with E-state index in [-0.39, 0.29) is 10.6 Å². The van der Waals surface area contributed by atoms with E-state index in [1.165, 1.54) is 30.3 Å². The summed E-state index contributed by atoms with van der Waals surface area (Å²) in [6.07, 6.45) is 1.62. The summed E-state index contributed by atoms with van der Waals surface area (Å²) in [6, 6.07) is 17.3. The van der Waals surface area contributed by atoms with Crippen LogP contribution in [0.25, 0.3) is 11.6 Å². The molecule has 0 aliphatic rings. The molecule has 9 heteroatoms. The first-order valence-electron chi connectivity index (χ1n) is 8.26. The Morgan fingerprint density at radius 1 is 0.967 bits per heavy atom. The molecule has 3 aromatic carbocycles. The Labute approximate surface area is 197 Å². The molecule has 0 bridgehead atoms. The summed E-state index contributed by atoms with van der Waals surface area (Å²) in [5.41, 5.74) is 1.50. The Morgan fingerprint density at radius 3 is 2.23 bits per heavy atom. The van der Waals surface area contributed by atoms with E-state index in [2.05, 4.69) is 22.0 Å². The van der Waals surface area contributed by atoms with Crippen LogP contribution in [0.4, 0.5) is 0 Å². The number of rotatable bonds is 5. The predicted molar refractivity (Wildman–Crippen MR) is 123 cm³/mol. The van der Waals surface area contributed by atoms with Crippen molar-refractivity contribution in [1.29, 1.82) is 5.26 Å². The molecule has 30 heavy (non-hydrogen) atoms. The second-order valence-corrected chi connectivity index (χ2v) is 9.66. The summed E-state index contributed by atoms with van der Waals surface area (Å²) in [6.45, 7) is 0. The fourth-order valence-corrected chi connectivity index (χ4v) is 4.66. The van der Waals surface area contributed by atoms with Crippen molar-refractivity contribution in [3.63, 3.8) is 0 Å². The molecule has 0 spiro atoms. The number of nitrogens with zero attached hydrogens (tertiary/aromatic N) is 1. The van der Waals surface area contributed by atoms with E-state index in [1.54, 1.807) is 36.4 Å². The van der Waals surface area contributed by atoms with Gasteiger partial charge in [-0.3, -0.25) is 0 Å². The predicted octanol–water partition coefficient (Wildman–Crippen LogP) is 7.24. The SMILES string of the molecule is N#C/C(=C\c1ccc(OS(=O)(=O)c2ccc(Cl)cc2)c(Br)c1)c1ccc(Cl)cc1Cl. The Hall–Kier alpha value is -2.01. The molecule has 0 fully saturated rings. The minimum Gasteiger partial charge on any atom is -0.378 e. The zero-order valence-corrected chi connectivity index (χ0v) is 19.6. The van der Waals surface area contributed by atoms with E-state index in [4.69, 9.17) is 39.0 Å². The van der Waals surface area contributed by atoms with Crippen molar-refractivity contribution in [3.8, 4) is 11.8 Å². The highest BCUT2D eigenvalue weighted by molar-refractivity contribution is 9.10. The lowest BCUT2D eigenvalue weighted by Gasteiger charge is -2.10. The zero-order valence-electron chi connectivity index (χ0n) is 14.9. The fourth-order valence-electron chi connectivity index (χ4n) is 2.49. The molecule has 152 valence electrons. The van der Waals surface area contributed by atoms with Crippen LogP contribution in [0, 0.1) is 11.3 Å². The third-order valence-electron chi connectivity index (χ3n) is 3.91. The molecule has 0 radical (unpaired) electrons. The molecule has 0 N–H and O–H groups in total. The van der Waals surface area contributed by atoms with Crippen LogP contribution in [0.3, 0.4) is 0 Å². The van der Waals surface area contributed by atoms with Gasteiger partial charge in [0.2, 0.25) is 0 Å². The van der Waals surface area contributed by atoms with E-state index in [0.717, 1.165) is 0 Å². The van der Waals surface area contributed by atoms with Gasteiger partial charge in [-0.05, 0) is 76.1 Å². The minimum atomic E-state index is -4.03. The van der Waals surface area contributed by atoms with Gasteiger partial charge in [-0.25, -0.2) is 0 Å². The molecule has 0 aromatic heterocycles. The van der Waals surface area contributed by atoms with Crippen LogP contribution >= 0.6 is 50.7 Å². The number of allylic oxidation sites excluding steroid dienone is 1. The van der Waals surface area contributed by atoms with Gasteiger partial charge in [0.25, 0.3) is 0 Å². The van der Waals surface area contributed by atoms with Gasteiger partial charge < -0.3 is 4.18 Å². The first-order chi connectivity index (χ1) is 14.2. The second kappa shape index (κ2) is 9.42. The van der Waals surface area contributed by atoms with E-state index in [0.29, 0.717) is 36.2 Å². The number of hydrogen-bond donors (Lipinski definition) is 0. The average Bonchev–Trinajstić information content (AvgIpc) is 2.69. The van der Waals surface area contributed by atoms with Crippen LogP contribution in [-0.2, 0) is 10.1 Å². The van der Waals surface area contributed by atoms with Gasteiger partial charge in [-0.1, -0.05) is 46.9 Å². The Bertz CT molecular complexity index is 1280. The number of nitriles is 1. The maximum Gasteiger partial charge on any atom is 0.339 e. The smallest absolute Gasteiger partial charge is 0.339 e. The summed E-state index contributed by atoms with van der Waals surface area (Å²) >= 11 is 21.2. The highest BCUT2D eigenvalue weighted by Crippen LogP contribution is 2.32. The van der Waals surface area contributed by atoms with Crippen molar-refractivity contribution in [1.82, 2.24) is 0 Å². The quantitative estimate of drug-likeness (QED) is 0.193. The van der Waals surface area contributed by atoms with E-state index in [1.807, 2.05) is 0 Å². The molecule has 0 saturated heterocycles. The molecule has 0 amide bonds. The van der Waals surface area contributed by atoms with Gasteiger partial charge in [0, 0.05) is 15.6 Å². The molecule has 3 aromatic rings. The monoisotopic (exact) mass is 541 g/mol. The molecule has 0 aliphatic carbocycles. The molecule has 0 heterocycles. The van der Waals surface area contributed by atoms with E-state index in [9.17, 15) is 13.7 Å². The Balaban J connectivity index is 1.90. The normalized spacial score (nSPS) is 11.8. The van der Waals surface area contributed by atoms with Crippen molar-refractivity contribution in [2.24, 2.45) is 0 Å². The summed E-state index contributed by atoms with van der Waals surface area (Å²) in [7, 11) is -4.03. The van der Waals surface area contributed by atoms with Gasteiger partial charge in [-0.15, -0.1) is 0 Å². The first kappa shape index (κ1) is 22.7. The highest BCUT2D eigenvalue weighted by Gasteiger charge is 2.18. The molecule has 3 rings (SSSR count). The minimum absolute atomic E-state index is 0.0214. The van der Waals surface area contributed by atoms with Crippen molar-refractivity contribution >= 4 is 72.5 Å². The number of hydrogen-bond acceptors (Lipinski definition) is 4. The van der Waals surface area contributed by atoms with Gasteiger partial charge in [-0.2, -0.15) is 13.7 Å². The topological polar surface area (TPSA) is 67.2 Å². The second-order valence-electron chi connectivity index (χ2n) is 5.98. The maximum absolute atomic E-state index is 12.5. The largest absolute Gasteiger partial charge is 0.378 e. The Morgan fingerprint density at radius 2 is 1.63 bits per heavy atom. The van der Waals surface area contributed by atoms with Crippen molar-refractivity contribution in [2.45, 2.75) is 4.90 Å². The van der Waals surface area contributed by atoms with Gasteiger partial charge in [0.15, 0.2) is 5.75 Å². The molecule has 0 aliphatic heterocycles. The van der Waals surface area contributed by atoms with Crippen LogP contribution in [0.15, 0.2) is 70.0 Å². The lowest BCUT2D eigenvalue weighted by molar-refractivity contribution is 0.484. The fraction of sp³-hybridized carbons (Fsp3) is 0. The number of halogens is 4. The van der Waals surface area contributed by atoms with E-state index < -0.39 is 10.1 Å². The molecule has 0 saturated carbocycles.